The summed E-state index contributed by atoms with van der Waals surface area (Å²) >= 11 is 0. The Bertz CT molecular complexity index is 1250. The highest BCUT2D eigenvalue weighted by Gasteiger charge is 2.28. The molecule has 41 heavy (non-hydrogen) atoms. The molecule has 3 aromatic rings. The van der Waals surface area contributed by atoms with Gasteiger partial charge in [-0.3, -0.25) is 4.79 Å². The summed E-state index contributed by atoms with van der Waals surface area (Å²) in [5.41, 5.74) is 5.21. The molecule has 0 spiro atoms. The highest BCUT2D eigenvalue weighted by molar-refractivity contribution is 5.93. The number of carbonyl (C=O) groups excluding carboxylic acids is 2. The van der Waals surface area contributed by atoms with E-state index >= 15 is 0 Å². The van der Waals surface area contributed by atoms with E-state index in [0.717, 1.165) is 67.3 Å². The molecule has 7 heteroatoms. The molecule has 1 aliphatic heterocycles. The number of ether oxygens (including phenoxy) is 1. The Morgan fingerprint density at radius 3 is 2.34 bits per heavy atom. The monoisotopic (exact) mass is 553 g/mol. The van der Waals surface area contributed by atoms with E-state index in [4.69, 9.17) is 4.74 Å². The normalized spacial score (nSPS) is 15.3. The number of aryl methyl sites for hydroxylation is 1. The number of para-hydroxylation sites is 1. The van der Waals surface area contributed by atoms with E-state index < -0.39 is 6.09 Å². The first kappa shape index (κ1) is 28.8. The third kappa shape index (κ3) is 8.65. The van der Waals surface area contributed by atoms with Crippen LogP contribution in [0.2, 0.25) is 0 Å². The zero-order valence-electron chi connectivity index (χ0n) is 23.8. The second-order valence-corrected chi connectivity index (χ2v) is 10.9. The number of benzene rings is 3. The second kappa shape index (κ2) is 14.8. The molecule has 2 aliphatic rings. The summed E-state index contributed by atoms with van der Waals surface area (Å²) < 4.78 is 5.69. The van der Waals surface area contributed by atoms with Gasteiger partial charge in [-0.1, -0.05) is 72.8 Å². The summed E-state index contributed by atoms with van der Waals surface area (Å²) in [6, 6.07) is 26.4. The van der Waals surface area contributed by atoms with Crippen LogP contribution in [0.3, 0.4) is 0 Å². The molecule has 1 heterocycles. The van der Waals surface area contributed by atoms with E-state index in [0.29, 0.717) is 12.8 Å². The lowest BCUT2D eigenvalue weighted by atomic mass is 10.0. The van der Waals surface area contributed by atoms with E-state index in [1.54, 1.807) is 5.01 Å². The summed E-state index contributed by atoms with van der Waals surface area (Å²) in [6.07, 6.45) is 7.43. The second-order valence-electron chi connectivity index (χ2n) is 10.9. The molecular weight excluding hydrogens is 512 g/mol. The largest absolute Gasteiger partial charge is 0.446 e. The molecule has 7 nitrogen and oxygen atoms in total. The zero-order chi connectivity index (χ0) is 28.3. The van der Waals surface area contributed by atoms with Gasteiger partial charge in [0.2, 0.25) is 5.91 Å². The van der Waals surface area contributed by atoms with Gasteiger partial charge < -0.3 is 15.4 Å². The zero-order valence-corrected chi connectivity index (χ0v) is 23.8. The molecule has 2 fully saturated rings. The van der Waals surface area contributed by atoms with Crippen molar-refractivity contribution in [2.75, 3.05) is 37.8 Å². The summed E-state index contributed by atoms with van der Waals surface area (Å²) in [5.74, 6) is 0.828. The molecule has 0 bridgehead atoms. The van der Waals surface area contributed by atoms with Gasteiger partial charge in [-0.25, -0.2) is 14.8 Å². The summed E-state index contributed by atoms with van der Waals surface area (Å²) in [6.45, 7) is 3.86. The van der Waals surface area contributed by atoms with Gasteiger partial charge in [0.25, 0.3) is 0 Å². The van der Waals surface area contributed by atoms with Crippen LogP contribution in [0.5, 0.6) is 0 Å². The molecular formula is C34H41N4O3. The minimum absolute atomic E-state index is 0.0472. The van der Waals surface area contributed by atoms with Crippen LogP contribution in [0.25, 0.3) is 11.1 Å². The Balaban J connectivity index is 1.10. The van der Waals surface area contributed by atoms with E-state index in [1.165, 1.54) is 18.4 Å². The average molecular weight is 554 g/mol. The molecule has 215 valence electrons. The molecule has 1 saturated carbocycles. The Kier molecular flexibility index (Phi) is 10.4. The van der Waals surface area contributed by atoms with Gasteiger partial charge in [-0.2, -0.15) is 0 Å². The number of nitrogens with one attached hydrogen (secondary N) is 2. The fourth-order valence-electron chi connectivity index (χ4n) is 5.13. The number of amides is 2. The molecule has 5 rings (SSSR count). The van der Waals surface area contributed by atoms with Crippen LogP contribution in [0.1, 0.15) is 43.2 Å². The Hall–Kier alpha value is -3.68. The first-order valence-corrected chi connectivity index (χ1v) is 14.9. The van der Waals surface area contributed by atoms with Gasteiger partial charge in [-0.05, 0) is 73.7 Å². The van der Waals surface area contributed by atoms with Crippen molar-refractivity contribution in [3.8, 4) is 11.1 Å². The van der Waals surface area contributed by atoms with Crippen LogP contribution in [-0.2, 0) is 22.5 Å². The van der Waals surface area contributed by atoms with Crippen LogP contribution in [0, 0.1) is 12.3 Å². The molecule has 3 aromatic carbocycles. The van der Waals surface area contributed by atoms with E-state index in [2.05, 4.69) is 46.3 Å². The standard InChI is InChI=1S/C34H41N4O3/c39-33(20-19-27-13-15-28(16-14-27)25-35-26-29-17-18-29)36-21-24-41-34(40)38(37-22-7-2-8-23-37)32-12-6-5-11-31(32)30-9-3-1-4-10-30/h1-6,9-16,29,35H,7-8,17-26H2,(H,36,39). The maximum atomic E-state index is 13.4. The highest BCUT2D eigenvalue weighted by Crippen LogP contribution is 2.33. The van der Waals surface area contributed by atoms with Crippen LogP contribution < -0.4 is 15.6 Å². The number of rotatable bonds is 13. The highest BCUT2D eigenvalue weighted by atomic mass is 16.6. The molecule has 0 unspecified atom stereocenters. The molecule has 0 aromatic heterocycles. The third-order valence-corrected chi connectivity index (χ3v) is 7.63. The lowest BCUT2D eigenvalue weighted by Crippen LogP contribution is -2.50. The van der Waals surface area contributed by atoms with Gasteiger partial charge in [0, 0.05) is 31.6 Å². The van der Waals surface area contributed by atoms with Crippen LogP contribution >= 0.6 is 0 Å². The van der Waals surface area contributed by atoms with Crippen molar-refractivity contribution in [2.24, 2.45) is 5.92 Å². The molecule has 2 amide bonds. The maximum absolute atomic E-state index is 13.4. The Morgan fingerprint density at radius 1 is 0.878 bits per heavy atom. The number of hydrogen-bond acceptors (Lipinski definition) is 5. The molecule has 1 radical (unpaired) electrons. The number of hydrazine groups is 1. The minimum Gasteiger partial charge on any atom is -0.446 e. The van der Waals surface area contributed by atoms with Crippen LogP contribution in [0.15, 0.2) is 78.9 Å². The predicted molar refractivity (Wildman–Crippen MR) is 163 cm³/mol. The Labute approximate surface area is 243 Å². The van der Waals surface area contributed by atoms with Crippen LogP contribution in [-0.4, -0.2) is 49.8 Å². The van der Waals surface area contributed by atoms with Crippen molar-refractivity contribution in [1.29, 1.82) is 0 Å². The topological polar surface area (TPSA) is 73.9 Å². The number of anilines is 1. The molecule has 1 aliphatic carbocycles. The Morgan fingerprint density at radius 2 is 1.59 bits per heavy atom. The summed E-state index contributed by atoms with van der Waals surface area (Å²) in [4.78, 5) is 25.9. The summed E-state index contributed by atoms with van der Waals surface area (Å²) in [7, 11) is 0. The molecule has 1 saturated heterocycles. The van der Waals surface area contributed by atoms with Gasteiger partial charge >= 0.3 is 6.09 Å². The van der Waals surface area contributed by atoms with Crippen molar-refractivity contribution in [3.05, 3.63) is 96.4 Å². The number of piperidine rings is 1. The number of nitrogens with zero attached hydrogens (tertiary/aromatic N) is 2. The van der Waals surface area contributed by atoms with Crippen molar-refractivity contribution >= 4 is 17.7 Å². The van der Waals surface area contributed by atoms with E-state index in [1.807, 2.05) is 54.6 Å². The lowest BCUT2D eigenvalue weighted by Gasteiger charge is -2.37. The van der Waals surface area contributed by atoms with Gasteiger partial charge in [0.1, 0.15) is 6.61 Å². The van der Waals surface area contributed by atoms with E-state index in [-0.39, 0.29) is 19.1 Å². The SMILES string of the molecule is O=C(CCc1ccc(CNCC2CC2)cc1)NCCOC(=O)N(c1ccccc1-c1ccccc1)N1CC[CH]CC1. The third-order valence-electron chi connectivity index (χ3n) is 7.63. The van der Waals surface area contributed by atoms with Crippen molar-refractivity contribution in [3.63, 3.8) is 0 Å². The smallest absolute Gasteiger partial charge is 0.429 e. The van der Waals surface area contributed by atoms with Gasteiger partial charge in [0.15, 0.2) is 0 Å². The molecule has 2 N–H and O–H groups in total. The lowest BCUT2D eigenvalue weighted by molar-refractivity contribution is -0.121. The summed E-state index contributed by atoms with van der Waals surface area (Å²) in [5, 5.41) is 10.1. The first-order valence-electron chi connectivity index (χ1n) is 14.9. The number of hydrogen-bond donors (Lipinski definition) is 2. The van der Waals surface area contributed by atoms with Crippen molar-refractivity contribution < 1.29 is 14.3 Å². The number of carbonyl (C=O) groups is 2. The van der Waals surface area contributed by atoms with E-state index in [9.17, 15) is 9.59 Å². The fraction of sp³-hybridized carbons (Fsp3) is 0.382. The first-order chi connectivity index (χ1) is 20.2. The minimum atomic E-state index is -0.434. The fourth-order valence-corrected chi connectivity index (χ4v) is 5.13. The quantitative estimate of drug-likeness (QED) is 0.263. The van der Waals surface area contributed by atoms with Crippen molar-refractivity contribution in [2.45, 2.75) is 45.1 Å². The maximum Gasteiger partial charge on any atom is 0.429 e. The van der Waals surface area contributed by atoms with Gasteiger partial charge in [-0.15, -0.1) is 0 Å². The molecule has 0 atom stereocenters. The van der Waals surface area contributed by atoms with Crippen molar-refractivity contribution in [1.82, 2.24) is 15.6 Å². The van der Waals surface area contributed by atoms with Crippen LogP contribution in [0.4, 0.5) is 10.5 Å². The average Bonchev–Trinajstić information content (AvgIpc) is 3.85. The van der Waals surface area contributed by atoms with Gasteiger partial charge in [0.05, 0.1) is 12.2 Å². The predicted octanol–water partition coefficient (Wildman–Crippen LogP) is 5.76.